The normalized spacial score (nSPS) is 19.7. The molecule has 1 amide bonds. The van der Waals surface area contributed by atoms with Gasteiger partial charge in [0.15, 0.2) is 0 Å². The molecule has 23 heavy (non-hydrogen) atoms. The Labute approximate surface area is 138 Å². The molecule has 0 spiro atoms. The molecular weight excluding hydrogens is 292 g/mol. The zero-order chi connectivity index (χ0) is 17.0. The molecule has 1 fully saturated rings. The van der Waals surface area contributed by atoms with Crippen molar-refractivity contribution >= 4 is 6.09 Å². The fourth-order valence-corrected chi connectivity index (χ4v) is 2.83. The summed E-state index contributed by atoms with van der Waals surface area (Å²) >= 11 is 0. The second kappa shape index (κ2) is 7.21. The molecule has 0 bridgehead atoms. The average Bonchev–Trinajstić information content (AvgIpc) is 2.91. The number of phenols is 1. The van der Waals surface area contributed by atoms with E-state index in [0.717, 1.165) is 31.5 Å². The highest BCUT2D eigenvalue weighted by atomic mass is 16.6. The third-order valence-corrected chi connectivity index (χ3v) is 4.04. The number of amides is 1. The molecule has 5 heteroatoms. The molecule has 0 saturated carbocycles. The number of benzene rings is 1. The van der Waals surface area contributed by atoms with Crippen LogP contribution in [-0.4, -0.2) is 40.8 Å². The SMILES string of the molecule is CC(NCC1CCCN1C(=O)OC(C)(C)C)c1cccc(O)c1. The number of hydrogen-bond acceptors (Lipinski definition) is 4. The molecule has 5 nitrogen and oxygen atoms in total. The van der Waals surface area contributed by atoms with Crippen molar-refractivity contribution < 1.29 is 14.6 Å². The van der Waals surface area contributed by atoms with Crippen molar-refractivity contribution in [3.05, 3.63) is 29.8 Å². The molecule has 0 aromatic heterocycles. The molecule has 1 aliphatic heterocycles. The van der Waals surface area contributed by atoms with Crippen LogP contribution in [0, 0.1) is 0 Å². The van der Waals surface area contributed by atoms with Crippen LogP contribution >= 0.6 is 0 Å². The first-order chi connectivity index (χ1) is 10.8. The first kappa shape index (κ1) is 17.6. The number of aromatic hydroxyl groups is 1. The van der Waals surface area contributed by atoms with E-state index in [9.17, 15) is 9.90 Å². The number of ether oxygens (including phenoxy) is 1. The maximum atomic E-state index is 12.3. The van der Waals surface area contributed by atoms with Gasteiger partial charge >= 0.3 is 6.09 Å². The lowest BCUT2D eigenvalue weighted by Crippen LogP contribution is -2.44. The van der Waals surface area contributed by atoms with Crippen molar-refractivity contribution in [1.29, 1.82) is 0 Å². The second-order valence-corrected chi connectivity index (χ2v) is 7.19. The number of nitrogens with one attached hydrogen (secondary N) is 1. The minimum atomic E-state index is -0.466. The van der Waals surface area contributed by atoms with Crippen LogP contribution in [0.25, 0.3) is 0 Å². The monoisotopic (exact) mass is 320 g/mol. The summed E-state index contributed by atoms with van der Waals surface area (Å²) in [4.78, 5) is 14.1. The Bertz CT molecular complexity index is 539. The third-order valence-electron chi connectivity index (χ3n) is 4.04. The fraction of sp³-hybridized carbons (Fsp3) is 0.611. The summed E-state index contributed by atoms with van der Waals surface area (Å²) < 4.78 is 5.49. The van der Waals surface area contributed by atoms with E-state index in [0.29, 0.717) is 0 Å². The van der Waals surface area contributed by atoms with Crippen molar-refractivity contribution in [3.8, 4) is 5.75 Å². The summed E-state index contributed by atoms with van der Waals surface area (Å²) in [6.45, 7) is 9.19. The summed E-state index contributed by atoms with van der Waals surface area (Å²) in [7, 11) is 0. The first-order valence-corrected chi connectivity index (χ1v) is 8.28. The number of nitrogens with zero attached hydrogens (tertiary/aromatic N) is 1. The van der Waals surface area contributed by atoms with E-state index < -0.39 is 5.60 Å². The van der Waals surface area contributed by atoms with Crippen molar-refractivity contribution in [3.63, 3.8) is 0 Å². The van der Waals surface area contributed by atoms with Crippen LogP contribution in [0.4, 0.5) is 4.79 Å². The van der Waals surface area contributed by atoms with Gasteiger partial charge in [-0.15, -0.1) is 0 Å². The second-order valence-electron chi connectivity index (χ2n) is 7.19. The van der Waals surface area contributed by atoms with E-state index in [2.05, 4.69) is 12.2 Å². The van der Waals surface area contributed by atoms with Gasteiger partial charge in [0, 0.05) is 25.2 Å². The van der Waals surface area contributed by atoms with Gasteiger partial charge < -0.3 is 20.1 Å². The lowest BCUT2D eigenvalue weighted by molar-refractivity contribution is 0.0225. The van der Waals surface area contributed by atoms with Crippen LogP contribution in [-0.2, 0) is 4.74 Å². The zero-order valence-electron chi connectivity index (χ0n) is 14.5. The van der Waals surface area contributed by atoms with E-state index in [1.165, 1.54) is 0 Å². The molecular formula is C18H28N2O3. The van der Waals surface area contributed by atoms with Gasteiger partial charge in [0.25, 0.3) is 0 Å². The lowest BCUT2D eigenvalue weighted by atomic mass is 10.1. The molecule has 128 valence electrons. The molecule has 1 aromatic carbocycles. The van der Waals surface area contributed by atoms with Crippen LogP contribution in [0.2, 0.25) is 0 Å². The smallest absolute Gasteiger partial charge is 0.410 e. The number of carbonyl (C=O) groups excluding carboxylic acids is 1. The summed E-state index contributed by atoms with van der Waals surface area (Å²) in [6.07, 6.45) is 1.76. The van der Waals surface area contributed by atoms with Crippen molar-refractivity contribution in [2.75, 3.05) is 13.1 Å². The largest absolute Gasteiger partial charge is 0.508 e. The van der Waals surface area contributed by atoms with Gasteiger partial charge in [-0.2, -0.15) is 0 Å². The molecule has 1 aromatic rings. The van der Waals surface area contributed by atoms with E-state index >= 15 is 0 Å². The molecule has 2 unspecified atom stereocenters. The highest BCUT2D eigenvalue weighted by Crippen LogP contribution is 2.22. The van der Waals surface area contributed by atoms with Gasteiger partial charge in [-0.1, -0.05) is 12.1 Å². The van der Waals surface area contributed by atoms with Gasteiger partial charge in [0.1, 0.15) is 11.4 Å². The van der Waals surface area contributed by atoms with Gasteiger partial charge in [0.05, 0.1) is 0 Å². The third kappa shape index (κ3) is 5.13. The number of carbonyl (C=O) groups is 1. The highest BCUT2D eigenvalue weighted by Gasteiger charge is 2.32. The Morgan fingerprint density at radius 3 is 2.87 bits per heavy atom. The van der Waals surface area contributed by atoms with Gasteiger partial charge in [0.2, 0.25) is 0 Å². The molecule has 1 saturated heterocycles. The van der Waals surface area contributed by atoms with E-state index in [1.54, 1.807) is 12.1 Å². The van der Waals surface area contributed by atoms with E-state index in [1.807, 2.05) is 37.8 Å². The standard InChI is InChI=1S/C18H28N2O3/c1-13(14-7-5-9-16(21)11-14)19-12-15-8-6-10-20(15)17(22)23-18(2,3)4/h5,7,9,11,13,15,19,21H,6,8,10,12H2,1-4H3. The molecule has 2 N–H and O–H groups in total. The maximum Gasteiger partial charge on any atom is 0.410 e. The minimum Gasteiger partial charge on any atom is -0.508 e. The number of phenolic OH excluding ortho intramolecular Hbond substituents is 1. The van der Waals surface area contributed by atoms with Crippen molar-refractivity contribution in [2.24, 2.45) is 0 Å². The molecule has 2 atom stereocenters. The Morgan fingerprint density at radius 2 is 2.22 bits per heavy atom. The van der Waals surface area contributed by atoms with Gasteiger partial charge in [-0.25, -0.2) is 4.79 Å². The summed E-state index contributed by atoms with van der Waals surface area (Å²) in [6, 6.07) is 7.52. The van der Waals surface area contributed by atoms with Crippen LogP contribution in [0.15, 0.2) is 24.3 Å². The van der Waals surface area contributed by atoms with E-state index in [-0.39, 0.29) is 23.9 Å². The Morgan fingerprint density at radius 1 is 1.48 bits per heavy atom. The predicted octanol–water partition coefficient (Wildman–Crippen LogP) is 3.44. The van der Waals surface area contributed by atoms with Gasteiger partial charge in [-0.05, 0) is 58.2 Å². The maximum absolute atomic E-state index is 12.3. The Balaban J connectivity index is 1.90. The average molecular weight is 320 g/mol. The molecule has 0 radical (unpaired) electrons. The van der Waals surface area contributed by atoms with Crippen LogP contribution < -0.4 is 5.32 Å². The number of rotatable bonds is 4. The molecule has 2 rings (SSSR count). The Hall–Kier alpha value is -1.75. The van der Waals surface area contributed by atoms with E-state index in [4.69, 9.17) is 4.74 Å². The van der Waals surface area contributed by atoms with Crippen molar-refractivity contribution in [1.82, 2.24) is 10.2 Å². The van der Waals surface area contributed by atoms with Crippen molar-refractivity contribution in [2.45, 2.75) is 58.2 Å². The zero-order valence-corrected chi connectivity index (χ0v) is 14.5. The topological polar surface area (TPSA) is 61.8 Å². The summed E-state index contributed by atoms with van der Waals surface area (Å²) in [5.74, 6) is 0.271. The fourth-order valence-electron chi connectivity index (χ4n) is 2.83. The van der Waals surface area contributed by atoms with Crippen LogP contribution in [0.1, 0.15) is 52.1 Å². The van der Waals surface area contributed by atoms with Gasteiger partial charge in [-0.3, -0.25) is 0 Å². The highest BCUT2D eigenvalue weighted by molar-refractivity contribution is 5.69. The van der Waals surface area contributed by atoms with Crippen LogP contribution in [0.5, 0.6) is 5.75 Å². The Kier molecular flexibility index (Phi) is 5.52. The quantitative estimate of drug-likeness (QED) is 0.892. The lowest BCUT2D eigenvalue weighted by Gasteiger charge is -2.29. The predicted molar refractivity (Wildman–Crippen MR) is 90.5 cm³/mol. The first-order valence-electron chi connectivity index (χ1n) is 8.28. The minimum absolute atomic E-state index is 0.114. The summed E-state index contributed by atoms with van der Waals surface area (Å²) in [5.41, 5.74) is 0.568. The molecule has 1 heterocycles. The van der Waals surface area contributed by atoms with Crippen LogP contribution in [0.3, 0.4) is 0 Å². The summed E-state index contributed by atoms with van der Waals surface area (Å²) in [5, 5.41) is 13.0. The molecule has 1 aliphatic rings. The molecule has 0 aliphatic carbocycles. The number of hydrogen-bond donors (Lipinski definition) is 2. The number of likely N-dealkylation sites (tertiary alicyclic amines) is 1.